The van der Waals surface area contributed by atoms with Crippen LogP contribution in [0.2, 0.25) is 0 Å². The van der Waals surface area contributed by atoms with Crippen LogP contribution in [0.3, 0.4) is 0 Å². The third kappa shape index (κ3) is 4.63. The van der Waals surface area contributed by atoms with Crippen LogP contribution in [-0.4, -0.2) is 24.5 Å². The summed E-state index contributed by atoms with van der Waals surface area (Å²) in [5, 5.41) is 15.5. The van der Waals surface area contributed by atoms with Crippen molar-refractivity contribution in [1.82, 2.24) is 4.98 Å². The molecule has 4 rings (SSSR count). The maximum Gasteiger partial charge on any atom is 0.416 e. The average Bonchev–Trinajstić information content (AvgIpc) is 3.10. The number of halogens is 3. The summed E-state index contributed by atoms with van der Waals surface area (Å²) < 4.78 is 67.2. The maximum atomic E-state index is 13.9. The standard InChI is InChI=1S/C23H23F3N2O4S/c24-23(25,26)14-10-16(13-6-2-1-3-7-13)22(33(27,31)32)18(11-14)21-17(12-20(29)30)15-8-4-5-9-19(15)28-21/h4-5,8-11,13,28H,1-3,6-7,12H2,(H,29,30)(H2,27,31,32). The van der Waals surface area contributed by atoms with E-state index in [9.17, 15) is 31.5 Å². The van der Waals surface area contributed by atoms with Crippen molar-refractivity contribution in [3.05, 3.63) is 53.1 Å². The molecule has 0 amide bonds. The quantitative estimate of drug-likeness (QED) is 0.467. The fourth-order valence-electron chi connectivity index (χ4n) is 4.80. The lowest BCUT2D eigenvalue weighted by Gasteiger charge is -2.26. The monoisotopic (exact) mass is 480 g/mol. The number of sulfonamides is 1. The summed E-state index contributed by atoms with van der Waals surface area (Å²) in [6.45, 7) is 0. The predicted octanol–water partition coefficient (Wildman–Crippen LogP) is 5.18. The summed E-state index contributed by atoms with van der Waals surface area (Å²) in [5.41, 5.74) is -0.490. The van der Waals surface area contributed by atoms with E-state index in [0.29, 0.717) is 23.7 Å². The zero-order chi connectivity index (χ0) is 24.0. The lowest BCUT2D eigenvalue weighted by Crippen LogP contribution is -2.20. The van der Waals surface area contributed by atoms with E-state index in [0.717, 1.165) is 31.4 Å². The molecule has 0 radical (unpaired) electrons. The number of hydrogen-bond donors (Lipinski definition) is 3. The molecular weight excluding hydrogens is 457 g/mol. The van der Waals surface area contributed by atoms with Gasteiger partial charge in [0.2, 0.25) is 10.0 Å². The molecule has 1 aliphatic rings. The normalized spacial score (nSPS) is 15.8. The maximum absolute atomic E-state index is 13.9. The predicted molar refractivity (Wildman–Crippen MR) is 117 cm³/mol. The number of nitrogens with one attached hydrogen (secondary N) is 1. The van der Waals surface area contributed by atoms with Crippen LogP contribution >= 0.6 is 0 Å². The van der Waals surface area contributed by atoms with Crippen LogP contribution in [0, 0.1) is 0 Å². The lowest BCUT2D eigenvalue weighted by atomic mass is 9.82. The van der Waals surface area contributed by atoms with Gasteiger partial charge in [-0.1, -0.05) is 37.5 Å². The number of aliphatic carboxylic acids is 1. The van der Waals surface area contributed by atoms with Gasteiger partial charge >= 0.3 is 12.1 Å². The molecule has 1 saturated carbocycles. The number of hydrogen-bond acceptors (Lipinski definition) is 3. The minimum atomic E-state index is -4.73. The summed E-state index contributed by atoms with van der Waals surface area (Å²) in [5.74, 6) is -1.59. The number of carboxylic acid groups (broad SMARTS) is 1. The second-order valence-electron chi connectivity index (χ2n) is 8.41. The average molecular weight is 481 g/mol. The Morgan fingerprint density at radius 1 is 1.12 bits per heavy atom. The molecule has 0 aliphatic heterocycles. The lowest BCUT2D eigenvalue weighted by molar-refractivity contribution is -0.138. The van der Waals surface area contributed by atoms with Crippen LogP contribution in [0.4, 0.5) is 13.2 Å². The number of aromatic nitrogens is 1. The summed E-state index contributed by atoms with van der Waals surface area (Å²) in [4.78, 5) is 14.2. The number of nitrogens with two attached hydrogens (primary N) is 1. The van der Waals surface area contributed by atoms with Gasteiger partial charge in [0.25, 0.3) is 0 Å². The van der Waals surface area contributed by atoms with Crippen molar-refractivity contribution in [2.45, 2.75) is 55.5 Å². The van der Waals surface area contributed by atoms with E-state index in [1.54, 1.807) is 24.3 Å². The Kier molecular flexibility index (Phi) is 6.00. The third-order valence-corrected chi connectivity index (χ3v) is 7.21. The van der Waals surface area contributed by atoms with Gasteiger partial charge in [-0.05, 0) is 48.1 Å². The Bertz CT molecular complexity index is 1320. The molecule has 2 aromatic carbocycles. The summed E-state index contributed by atoms with van der Waals surface area (Å²) >= 11 is 0. The zero-order valence-electron chi connectivity index (χ0n) is 17.6. The highest BCUT2D eigenvalue weighted by atomic mass is 32.2. The van der Waals surface area contributed by atoms with E-state index in [4.69, 9.17) is 5.14 Å². The molecule has 0 spiro atoms. The van der Waals surface area contributed by atoms with Crippen LogP contribution in [0.5, 0.6) is 0 Å². The Morgan fingerprint density at radius 2 is 1.79 bits per heavy atom. The van der Waals surface area contributed by atoms with Gasteiger partial charge in [-0.25, -0.2) is 13.6 Å². The smallest absolute Gasteiger partial charge is 0.416 e. The Labute approximate surface area is 188 Å². The van der Waals surface area contributed by atoms with Crippen LogP contribution in [-0.2, 0) is 27.4 Å². The molecule has 1 heterocycles. The minimum absolute atomic E-state index is 0.0192. The molecule has 1 aliphatic carbocycles. The number of H-pyrrole nitrogens is 1. The highest BCUT2D eigenvalue weighted by Crippen LogP contribution is 2.44. The van der Waals surface area contributed by atoms with Crippen molar-refractivity contribution in [3.8, 4) is 11.3 Å². The first-order chi connectivity index (χ1) is 15.5. The SMILES string of the molecule is NS(=O)(=O)c1c(-c2[nH]c3ccccc3c2CC(=O)O)cc(C(F)(F)F)cc1C1CCCCC1. The molecular formula is C23H23F3N2O4S. The fraction of sp³-hybridized carbons (Fsp3) is 0.348. The number of aromatic amines is 1. The van der Waals surface area contributed by atoms with Crippen molar-refractivity contribution in [2.75, 3.05) is 0 Å². The van der Waals surface area contributed by atoms with Gasteiger partial charge in [-0.2, -0.15) is 13.2 Å². The van der Waals surface area contributed by atoms with Gasteiger partial charge in [0.05, 0.1) is 22.6 Å². The number of alkyl halides is 3. The van der Waals surface area contributed by atoms with Crippen LogP contribution in [0.25, 0.3) is 22.2 Å². The zero-order valence-corrected chi connectivity index (χ0v) is 18.4. The first-order valence-electron chi connectivity index (χ1n) is 10.6. The second kappa shape index (κ2) is 8.49. The van der Waals surface area contributed by atoms with Gasteiger partial charge < -0.3 is 10.1 Å². The summed E-state index contributed by atoms with van der Waals surface area (Å²) in [6.07, 6.45) is -1.64. The van der Waals surface area contributed by atoms with Gasteiger partial charge in [-0.3, -0.25) is 4.79 Å². The molecule has 0 atom stereocenters. The first-order valence-corrected chi connectivity index (χ1v) is 12.1. The molecule has 3 aromatic rings. The van der Waals surface area contributed by atoms with E-state index < -0.39 is 34.2 Å². The number of rotatable bonds is 5. The molecule has 33 heavy (non-hydrogen) atoms. The third-order valence-electron chi connectivity index (χ3n) is 6.19. The van der Waals surface area contributed by atoms with E-state index in [1.807, 2.05) is 0 Å². The molecule has 0 unspecified atom stereocenters. The number of para-hydroxylation sites is 1. The number of fused-ring (bicyclic) bond motifs is 1. The number of carbonyl (C=O) groups is 1. The van der Waals surface area contributed by atoms with E-state index >= 15 is 0 Å². The molecule has 1 fully saturated rings. The van der Waals surface area contributed by atoms with E-state index in [2.05, 4.69) is 4.98 Å². The minimum Gasteiger partial charge on any atom is -0.481 e. The van der Waals surface area contributed by atoms with Crippen molar-refractivity contribution >= 4 is 26.9 Å². The van der Waals surface area contributed by atoms with Crippen molar-refractivity contribution < 1.29 is 31.5 Å². The van der Waals surface area contributed by atoms with Crippen LogP contribution in [0.1, 0.15) is 54.7 Å². The molecule has 10 heteroatoms. The highest BCUT2D eigenvalue weighted by Gasteiger charge is 2.36. The fourth-order valence-corrected chi connectivity index (χ4v) is 5.82. The Morgan fingerprint density at radius 3 is 2.39 bits per heavy atom. The molecule has 0 saturated heterocycles. The number of benzene rings is 2. The molecule has 176 valence electrons. The van der Waals surface area contributed by atoms with Gasteiger partial charge in [0.15, 0.2) is 0 Å². The van der Waals surface area contributed by atoms with E-state index in [-0.39, 0.29) is 33.2 Å². The van der Waals surface area contributed by atoms with Gasteiger partial charge in [-0.15, -0.1) is 0 Å². The summed E-state index contributed by atoms with van der Waals surface area (Å²) in [6, 6.07) is 8.29. The molecule has 6 nitrogen and oxygen atoms in total. The Balaban J connectivity index is 2.11. The van der Waals surface area contributed by atoms with E-state index in [1.165, 1.54) is 0 Å². The molecule has 0 bridgehead atoms. The number of primary sulfonamides is 1. The van der Waals surface area contributed by atoms with Crippen LogP contribution < -0.4 is 5.14 Å². The van der Waals surface area contributed by atoms with Gasteiger partial charge in [0, 0.05) is 16.5 Å². The first kappa shape index (κ1) is 23.3. The Hall–Kier alpha value is -2.85. The molecule has 4 N–H and O–H groups in total. The van der Waals surface area contributed by atoms with Crippen LogP contribution in [0.15, 0.2) is 41.3 Å². The largest absolute Gasteiger partial charge is 0.481 e. The van der Waals surface area contributed by atoms with Crippen molar-refractivity contribution in [1.29, 1.82) is 0 Å². The van der Waals surface area contributed by atoms with Gasteiger partial charge in [0.1, 0.15) is 0 Å². The topological polar surface area (TPSA) is 113 Å². The highest BCUT2D eigenvalue weighted by molar-refractivity contribution is 7.89. The summed E-state index contributed by atoms with van der Waals surface area (Å²) in [7, 11) is -4.44. The number of carboxylic acids is 1. The van der Waals surface area contributed by atoms with Crippen molar-refractivity contribution in [2.24, 2.45) is 5.14 Å². The second-order valence-corrected chi connectivity index (χ2v) is 9.91. The van der Waals surface area contributed by atoms with Crippen molar-refractivity contribution in [3.63, 3.8) is 0 Å². The molecule has 1 aromatic heterocycles.